The summed E-state index contributed by atoms with van der Waals surface area (Å²) in [6, 6.07) is 23.2. The summed E-state index contributed by atoms with van der Waals surface area (Å²) in [6.07, 6.45) is 15.5. The molecular weight excluding hydrogens is 745 g/mol. The van der Waals surface area contributed by atoms with Crippen molar-refractivity contribution >= 4 is 69.3 Å². The minimum absolute atomic E-state index is 0.351. The number of nitriles is 1. The van der Waals surface area contributed by atoms with Crippen LogP contribution in [0.5, 0.6) is 0 Å². The van der Waals surface area contributed by atoms with E-state index in [1.54, 1.807) is 6.20 Å². The van der Waals surface area contributed by atoms with E-state index in [-0.39, 0.29) is 0 Å². The van der Waals surface area contributed by atoms with Gasteiger partial charge >= 0.3 is 0 Å². The van der Waals surface area contributed by atoms with Gasteiger partial charge in [0.25, 0.3) is 0 Å². The number of hydrogen-bond donors (Lipinski definition) is 2. The van der Waals surface area contributed by atoms with Gasteiger partial charge in [-0.2, -0.15) is 15.2 Å². The first-order valence-electron chi connectivity index (χ1n) is 20.1. The smallest absolute Gasteiger partial charge is 0.239 e. The first kappa shape index (κ1) is 35.9. The SMILES string of the molecule is Cc1ccc(Nc2cc(C3CCCCC3)ccc2C2=CC3=CC(c4ccc(N5CCCCC5)cc4Nc4ccc(C)o4)=NC4=NC(c5ncc(C#N)s5)=NC(=N2)N34)o1. The van der Waals surface area contributed by atoms with Crippen molar-refractivity contribution in [1.29, 1.82) is 5.26 Å². The van der Waals surface area contributed by atoms with Crippen molar-refractivity contribution in [3.8, 4) is 6.07 Å². The molecule has 290 valence electrons. The second-order valence-electron chi connectivity index (χ2n) is 15.3. The van der Waals surface area contributed by atoms with Crippen LogP contribution in [0.25, 0.3) is 5.70 Å². The normalized spacial score (nSPS) is 17.9. The van der Waals surface area contributed by atoms with Crippen molar-refractivity contribution in [2.75, 3.05) is 28.6 Å². The molecule has 1 saturated carbocycles. The van der Waals surface area contributed by atoms with Crippen molar-refractivity contribution in [2.24, 2.45) is 20.0 Å². The molecule has 58 heavy (non-hydrogen) atoms. The Kier molecular flexibility index (Phi) is 9.33. The Bertz CT molecular complexity index is 2540. The van der Waals surface area contributed by atoms with Crippen molar-refractivity contribution in [3.63, 3.8) is 0 Å². The lowest BCUT2D eigenvalue weighted by Crippen LogP contribution is -2.42. The Balaban J connectivity index is 1.11. The van der Waals surface area contributed by atoms with Gasteiger partial charge in [0.1, 0.15) is 22.5 Å². The predicted molar refractivity (Wildman–Crippen MR) is 231 cm³/mol. The number of aliphatic imine (C=N–C) groups is 4. The van der Waals surface area contributed by atoms with Gasteiger partial charge in [-0.1, -0.05) is 42.7 Å². The summed E-state index contributed by atoms with van der Waals surface area (Å²) in [4.78, 5) is 29.5. The van der Waals surface area contributed by atoms with Crippen LogP contribution in [0.3, 0.4) is 0 Å². The standard InChI is InChI=1S/C45H42N10O2S/c1-27-11-17-40(56-27)48-36-21-30(29-9-5-3-6-10-29)13-15-34(36)38-23-32-24-39(51-45-53-42(52-44(50-38)55(32)45)43-47-26-33(25-46)58-43)35-16-14-31(54-19-7-4-8-20-54)22-37(35)49-41-18-12-28(2)57-41/h11-18,21-24,26,29,48-49H,3-10,19-20H2,1-2H3. The Morgan fingerprint density at radius 2 is 1.45 bits per heavy atom. The molecule has 5 aromatic rings. The van der Waals surface area contributed by atoms with Gasteiger partial charge in [-0.15, -0.1) is 0 Å². The number of furan rings is 2. The minimum Gasteiger partial charge on any atom is -0.446 e. The highest BCUT2D eigenvalue weighted by molar-refractivity contribution is 7.14. The summed E-state index contributed by atoms with van der Waals surface area (Å²) in [5, 5.41) is 17.3. The number of aryl methyl sites for hydroxylation is 2. The molecule has 5 aliphatic rings. The van der Waals surface area contributed by atoms with E-state index >= 15 is 0 Å². The van der Waals surface area contributed by atoms with E-state index in [1.807, 2.05) is 43.0 Å². The van der Waals surface area contributed by atoms with Crippen LogP contribution in [0.1, 0.15) is 95.4 Å². The highest BCUT2D eigenvalue weighted by Gasteiger charge is 2.35. The van der Waals surface area contributed by atoms with E-state index in [0.29, 0.717) is 51.0 Å². The number of nitrogens with zero attached hydrogens (tertiary/aromatic N) is 8. The molecule has 2 aromatic carbocycles. The summed E-state index contributed by atoms with van der Waals surface area (Å²) in [7, 11) is 0. The second-order valence-corrected chi connectivity index (χ2v) is 16.4. The zero-order valence-corrected chi connectivity index (χ0v) is 33.3. The lowest BCUT2D eigenvalue weighted by Gasteiger charge is -2.33. The molecule has 1 saturated heterocycles. The fourth-order valence-corrected chi connectivity index (χ4v) is 9.02. The molecule has 0 amide bonds. The molecule has 12 nitrogen and oxygen atoms in total. The third kappa shape index (κ3) is 7.05. The molecule has 0 spiro atoms. The summed E-state index contributed by atoms with van der Waals surface area (Å²) in [5.41, 5.74) is 8.31. The predicted octanol–water partition coefficient (Wildman–Crippen LogP) is 10.6. The molecule has 0 bridgehead atoms. The Hall–Kier alpha value is -6.52. The number of hydrogen-bond acceptors (Lipinski definition) is 13. The maximum absolute atomic E-state index is 9.62. The Morgan fingerprint density at radius 1 is 0.741 bits per heavy atom. The van der Waals surface area contributed by atoms with Crippen LogP contribution in [-0.4, -0.2) is 46.4 Å². The number of thiazole rings is 1. The number of nitrogens with one attached hydrogen (secondary N) is 2. The zero-order chi connectivity index (χ0) is 39.2. The summed E-state index contributed by atoms with van der Waals surface area (Å²) < 4.78 is 12.0. The second kappa shape index (κ2) is 15.1. The molecular formula is C45H42N10O2S. The lowest BCUT2D eigenvalue weighted by atomic mass is 9.83. The van der Waals surface area contributed by atoms with Gasteiger partial charge in [-0.05, 0) is 106 Å². The quantitative estimate of drug-likeness (QED) is 0.150. The number of piperidine rings is 1. The Labute approximate surface area is 340 Å². The van der Waals surface area contributed by atoms with Crippen LogP contribution in [0, 0.1) is 25.2 Å². The molecule has 4 aliphatic heterocycles. The third-order valence-corrected chi connectivity index (χ3v) is 12.2. The Morgan fingerprint density at radius 3 is 2.16 bits per heavy atom. The van der Waals surface area contributed by atoms with Crippen molar-refractivity contribution < 1.29 is 8.83 Å². The lowest BCUT2D eigenvalue weighted by molar-refractivity contribution is 0.443. The average molecular weight is 787 g/mol. The molecule has 0 atom stereocenters. The molecule has 0 radical (unpaired) electrons. The number of aromatic nitrogens is 1. The number of benzene rings is 2. The molecule has 10 rings (SSSR count). The van der Waals surface area contributed by atoms with E-state index in [9.17, 15) is 5.26 Å². The molecule has 0 unspecified atom stereocenters. The molecule has 1 aliphatic carbocycles. The summed E-state index contributed by atoms with van der Waals surface area (Å²) >= 11 is 1.24. The highest BCUT2D eigenvalue weighted by atomic mass is 32.1. The first-order chi connectivity index (χ1) is 28.4. The third-order valence-electron chi connectivity index (χ3n) is 11.3. The van der Waals surface area contributed by atoms with Crippen molar-refractivity contribution in [1.82, 2.24) is 9.88 Å². The molecule has 7 heterocycles. The highest BCUT2D eigenvalue weighted by Crippen LogP contribution is 2.40. The molecule has 3 aromatic heterocycles. The van der Waals surface area contributed by atoms with Gasteiger partial charge in [0, 0.05) is 42.0 Å². The minimum atomic E-state index is 0.351. The first-order valence-corrected chi connectivity index (χ1v) is 20.9. The fraction of sp³-hybridized carbons (Fsp3) is 0.289. The fourth-order valence-electron chi connectivity index (χ4n) is 8.37. The van der Waals surface area contributed by atoms with Crippen LogP contribution in [0.15, 0.2) is 114 Å². The van der Waals surface area contributed by atoms with Gasteiger partial charge < -0.3 is 24.4 Å². The number of anilines is 5. The van der Waals surface area contributed by atoms with Gasteiger partial charge in [-0.3, -0.25) is 0 Å². The largest absolute Gasteiger partial charge is 0.446 e. The monoisotopic (exact) mass is 786 g/mol. The van der Waals surface area contributed by atoms with E-state index < -0.39 is 0 Å². The van der Waals surface area contributed by atoms with Crippen molar-refractivity contribution in [2.45, 2.75) is 71.1 Å². The maximum atomic E-state index is 9.62. The van der Waals surface area contributed by atoms with E-state index in [2.05, 4.69) is 75.1 Å². The summed E-state index contributed by atoms with van der Waals surface area (Å²) in [6.45, 7) is 5.93. The maximum Gasteiger partial charge on any atom is 0.239 e. The van der Waals surface area contributed by atoms with Gasteiger partial charge in [0.05, 0.1) is 34.7 Å². The number of guanidine groups is 2. The van der Waals surface area contributed by atoms with Crippen LogP contribution in [0.2, 0.25) is 0 Å². The topological polar surface area (TPSA) is 143 Å². The van der Waals surface area contributed by atoms with Crippen molar-refractivity contribution in [3.05, 3.63) is 123 Å². The van der Waals surface area contributed by atoms with Crippen LogP contribution >= 0.6 is 11.3 Å². The molecule has 2 N–H and O–H groups in total. The van der Waals surface area contributed by atoms with Gasteiger partial charge in [0.15, 0.2) is 22.6 Å². The van der Waals surface area contributed by atoms with E-state index in [1.165, 1.54) is 68.3 Å². The van der Waals surface area contributed by atoms with Crippen LogP contribution in [-0.2, 0) is 0 Å². The number of rotatable bonds is 9. The number of allylic oxidation sites excluding steroid dienone is 2. The zero-order valence-electron chi connectivity index (χ0n) is 32.5. The van der Waals surface area contributed by atoms with Gasteiger partial charge in [-0.25, -0.2) is 19.9 Å². The van der Waals surface area contributed by atoms with Gasteiger partial charge in [0.2, 0.25) is 11.9 Å². The van der Waals surface area contributed by atoms with Crippen LogP contribution < -0.4 is 15.5 Å². The number of amidine groups is 1. The van der Waals surface area contributed by atoms with E-state index in [4.69, 9.17) is 28.8 Å². The molecule has 13 heteroatoms. The molecule has 2 fully saturated rings. The average Bonchev–Trinajstić information content (AvgIpc) is 4.02. The van der Waals surface area contributed by atoms with Crippen LogP contribution in [0.4, 0.5) is 28.8 Å². The van der Waals surface area contributed by atoms with E-state index in [0.717, 1.165) is 64.2 Å². The summed E-state index contributed by atoms with van der Waals surface area (Å²) in [5.74, 6) is 4.67.